The largest absolute Gasteiger partial charge is 0.339 e. The average molecular weight is 321 g/mol. The van der Waals surface area contributed by atoms with Gasteiger partial charge in [-0.15, -0.1) is 11.8 Å². The van der Waals surface area contributed by atoms with Crippen molar-refractivity contribution in [1.82, 2.24) is 10.2 Å². The van der Waals surface area contributed by atoms with Crippen molar-refractivity contribution in [2.45, 2.75) is 51.0 Å². The van der Waals surface area contributed by atoms with Gasteiger partial charge in [0.1, 0.15) is 0 Å². The first kappa shape index (κ1) is 15.1. The van der Waals surface area contributed by atoms with Crippen LogP contribution in [0, 0.1) is 17.8 Å². The van der Waals surface area contributed by atoms with E-state index in [1.54, 1.807) is 0 Å². The lowest BCUT2D eigenvalue weighted by molar-refractivity contribution is -0.139. The molecule has 4 atom stereocenters. The number of hydrogen-bond acceptors (Lipinski definition) is 3. The van der Waals surface area contributed by atoms with Gasteiger partial charge in [-0.3, -0.25) is 4.79 Å². The minimum atomic E-state index is 0.154. The fourth-order valence-corrected chi connectivity index (χ4v) is 6.19. The van der Waals surface area contributed by atoms with E-state index in [4.69, 9.17) is 0 Å². The number of thioether (sulfide) groups is 1. The standard InChI is InChI=1S/C18H28N2OS/c21-18(15-10-17(22-12-15)14-7-8-19-11-14)20-9-3-5-13-4-1-2-6-16(13)20/h10,13-16,19H,1-9,11-12H2. The van der Waals surface area contributed by atoms with E-state index in [1.807, 2.05) is 11.8 Å². The van der Waals surface area contributed by atoms with Crippen molar-refractivity contribution in [3.8, 4) is 0 Å². The summed E-state index contributed by atoms with van der Waals surface area (Å²) in [6, 6.07) is 0.561. The number of nitrogens with zero attached hydrogens (tertiary/aromatic N) is 1. The molecule has 3 heterocycles. The third-order valence-electron chi connectivity index (χ3n) is 6.10. The highest BCUT2D eigenvalue weighted by Gasteiger charge is 2.39. The first-order valence-electron chi connectivity index (χ1n) is 9.18. The minimum absolute atomic E-state index is 0.154. The molecular weight excluding hydrogens is 292 g/mol. The highest BCUT2D eigenvalue weighted by molar-refractivity contribution is 8.03. The van der Waals surface area contributed by atoms with Crippen molar-refractivity contribution in [3.63, 3.8) is 0 Å². The second kappa shape index (κ2) is 6.56. The van der Waals surface area contributed by atoms with Gasteiger partial charge in [0, 0.05) is 30.8 Å². The summed E-state index contributed by atoms with van der Waals surface area (Å²) in [7, 11) is 0. The molecule has 0 aromatic heterocycles. The molecule has 1 amide bonds. The highest BCUT2D eigenvalue weighted by Crippen LogP contribution is 2.40. The minimum Gasteiger partial charge on any atom is -0.339 e. The summed E-state index contributed by atoms with van der Waals surface area (Å²) >= 11 is 1.94. The van der Waals surface area contributed by atoms with E-state index in [0.717, 1.165) is 31.3 Å². The molecule has 22 heavy (non-hydrogen) atoms. The lowest BCUT2D eigenvalue weighted by Gasteiger charge is -2.44. The molecule has 0 aromatic rings. The van der Waals surface area contributed by atoms with Gasteiger partial charge in [0.2, 0.25) is 5.91 Å². The molecule has 4 unspecified atom stereocenters. The van der Waals surface area contributed by atoms with E-state index in [1.165, 1.54) is 49.9 Å². The van der Waals surface area contributed by atoms with Gasteiger partial charge in [-0.05, 0) is 49.5 Å². The predicted molar refractivity (Wildman–Crippen MR) is 91.7 cm³/mol. The van der Waals surface area contributed by atoms with Gasteiger partial charge < -0.3 is 10.2 Å². The summed E-state index contributed by atoms with van der Waals surface area (Å²) < 4.78 is 0. The summed E-state index contributed by atoms with van der Waals surface area (Å²) in [5.74, 6) is 3.04. The Morgan fingerprint density at radius 2 is 2.05 bits per heavy atom. The number of piperidine rings is 1. The van der Waals surface area contributed by atoms with E-state index >= 15 is 0 Å². The van der Waals surface area contributed by atoms with Gasteiger partial charge in [-0.2, -0.15) is 0 Å². The molecule has 3 aliphatic heterocycles. The molecule has 4 heteroatoms. The summed E-state index contributed by atoms with van der Waals surface area (Å²) in [6.45, 7) is 3.25. The lowest BCUT2D eigenvalue weighted by atomic mass is 9.78. The topological polar surface area (TPSA) is 32.3 Å². The maximum Gasteiger partial charge on any atom is 0.230 e. The van der Waals surface area contributed by atoms with Crippen molar-refractivity contribution < 1.29 is 4.79 Å². The zero-order valence-corrected chi connectivity index (χ0v) is 14.2. The van der Waals surface area contributed by atoms with E-state index < -0.39 is 0 Å². The molecule has 0 spiro atoms. The fourth-order valence-electron chi connectivity index (χ4n) is 4.89. The third kappa shape index (κ3) is 2.84. The van der Waals surface area contributed by atoms with Crippen LogP contribution in [-0.2, 0) is 4.79 Å². The van der Waals surface area contributed by atoms with Gasteiger partial charge >= 0.3 is 0 Å². The molecule has 0 radical (unpaired) electrons. The highest BCUT2D eigenvalue weighted by atomic mass is 32.2. The molecule has 0 aromatic carbocycles. The molecule has 4 rings (SSSR count). The van der Waals surface area contributed by atoms with Crippen molar-refractivity contribution >= 4 is 17.7 Å². The first-order chi connectivity index (χ1) is 10.8. The van der Waals surface area contributed by atoms with Crippen LogP contribution < -0.4 is 5.32 Å². The van der Waals surface area contributed by atoms with Gasteiger partial charge in [-0.25, -0.2) is 0 Å². The first-order valence-corrected chi connectivity index (χ1v) is 10.2. The Morgan fingerprint density at radius 3 is 2.91 bits per heavy atom. The summed E-state index contributed by atoms with van der Waals surface area (Å²) in [6.07, 6.45) is 11.4. The van der Waals surface area contributed by atoms with Crippen LogP contribution in [0.25, 0.3) is 0 Å². The fraction of sp³-hybridized carbons (Fsp3) is 0.833. The Balaban J connectivity index is 1.44. The van der Waals surface area contributed by atoms with Crippen molar-refractivity contribution in [3.05, 3.63) is 11.0 Å². The Bertz CT molecular complexity index is 456. The monoisotopic (exact) mass is 320 g/mol. The van der Waals surface area contributed by atoms with Gasteiger partial charge in [0.05, 0.1) is 5.92 Å². The van der Waals surface area contributed by atoms with E-state index in [0.29, 0.717) is 17.9 Å². The molecule has 2 saturated heterocycles. The zero-order chi connectivity index (χ0) is 14.9. The normalized spacial score (nSPS) is 38.7. The number of nitrogens with one attached hydrogen (secondary N) is 1. The van der Waals surface area contributed by atoms with Crippen LogP contribution in [-0.4, -0.2) is 42.2 Å². The smallest absolute Gasteiger partial charge is 0.230 e. The SMILES string of the molecule is O=C(C1C=C(C2CCNC2)SC1)N1CCCC2CCCCC21. The van der Waals surface area contributed by atoms with Gasteiger partial charge in [-0.1, -0.05) is 18.9 Å². The quantitative estimate of drug-likeness (QED) is 0.849. The second-order valence-corrected chi connectivity index (χ2v) is 8.56. The van der Waals surface area contributed by atoms with Crippen LogP contribution in [0.3, 0.4) is 0 Å². The van der Waals surface area contributed by atoms with Crippen LogP contribution in [0.4, 0.5) is 0 Å². The molecular formula is C18H28N2OS. The predicted octanol–water partition coefficient (Wildman–Crippen LogP) is 3.02. The molecule has 3 fully saturated rings. The van der Waals surface area contributed by atoms with Crippen LogP contribution in [0.15, 0.2) is 11.0 Å². The van der Waals surface area contributed by atoms with Crippen LogP contribution >= 0.6 is 11.8 Å². The maximum atomic E-state index is 13.1. The Kier molecular flexibility index (Phi) is 4.49. The van der Waals surface area contributed by atoms with Crippen molar-refractivity contribution in [1.29, 1.82) is 0 Å². The van der Waals surface area contributed by atoms with Crippen LogP contribution in [0.2, 0.25) is 0 Å². The molecule has 3 nitrogen and oxygen atoms in total. The Morgan fingerprint density at radius 1 is 1.18 bits per heavy atom. The average Bonchev–Trinajstić information content (AvgIpc) is 3.24. The second-order valence-electron chi connectivity index (χ2n) is 7.46. The number of rotatable bonds is 2. The number of likely N-dealkylation sites (tertiary alicyclic amines) is 1. The van der Waals surface area contributed by atoms with E-state index in [2.05, 4.69) is 16.3 Å². The van der Waals surface area contributed by atoms with E-state index in [9.17, 15) is 4.79 Å². The number of fused-ring (bicyclic) bond motifs is 1. The lowest BCUT2D eigenvalue weighted by Crippen LogP contribution is -2.51. The van der Waals surface area contributed by atoms with Gasteiger partial charge in [0.25, 0.3) is 0 Å². The third-order valence-corrected chi connectivity index (χ3v) is 7.43. The van der Waals surface area contributed by atoms with Crippen molar-refractivity contribution in [2.24, 2.45) is 17.8 Å². The van der Waals surface area contributed by atoms with Crippen molar-refractivity contribution in [2.75, 3.05) is 25.4 Å². The molecule has 1 aliphatic carbocycles. The van der Waals surface area contributed by atoms with Crippen LogP contribution in [0.1, 0.15) is 44.9 Å². The maximum absolute atomic E-state index is 13.1. The zero-order valence-electron chi connectivity index (χ0n) is 13.4. The summed E-state index contributed by atoms with van der Waals surface area (Å²) in [5.41, 5.74) is 0. The number of amides is 1. The van der Waals surface area contributed by atoms with E-state index in [-0.39, 0.29) is 5.92 Å². The van der Waals surface area contributed by atoms with Gasteiger partial charge in [0.15, 0.2) is 0 Å². The number of carbonyl (C=O) groups is 1. The number of hydrogen-bond donors (Lipinski definition) is 1. The summed E-state index contributed by atoms with van der Waals surface area (Å²) in [5, 5.41) is 3.44. The summed E-state index contributed by atoms with van der Waals surface area (Å²) in [4.78, 5) is 16.8. The molecule has 1 N–H and O–H groups in total. The Labute approximate surface area is 138 Å². The molecule has 122 valence electrons. The molecule has 4 aliphatic rings. The molecule has 1 saturated carbocycles. The Hall–Kier alpha value is -0.480. The van der Waals surface area contributed by atoms with Crippen LogP contribution in [0.5, 0.6) is 0 Å². The molecule has 0 bridgehead atoms. The number of carbonyl (C=O) groups excluding carboxylic acids is 1.